The Bertz CT molecular complexity index is 327. The largest absolute Gasteiger partial charge is 0.377 e. The molecule has 1 saturated heterocycles. The predicted molar refractivity (Wildman–Crippen MR) is 67.0 cm³/mol. The molecule has 1 aromatic rings. The van der Waals surface area contributed by atoms with Crippen LogP contribution in [0, 0.1) is 0 Å². The Morgan fingerprint density at radius 2 is 2.50 bits per heavy atom. The van der Waals surface area contributed by atoms with Crippen molar-refractivity contribution >= 4 is 11.3 Å². The molecule has 0 aliphatic carbocycles. The maximum absolute atomic E-state index is 5.51. The van der Waals surface area contributed by atoms with Crippen molar-refractivity contribution in [3.8, 4) is 0 Å². The third-order valence-corrected chi connectivity index (χ3v) is 4.11. The fraction of sp³-hybridized carbons (Fsp3) is 0.750. The zero-order valence-corrected chi connectivity index (χ0v) is 10.8. The molecular formula is C12H20N2OS. The molecule has 90 valence electrons. The number of nitrogens with one attached hydrogen (secondary N) is 1. The van der Waals surface area contributed by atoms with Crippen molar-refractivity contribution < 1.29 is 4.74 Å². The van der Waals surface area contributed by atoms with Gasteiger partial charge in [-0.2, -0.15) is 0 Å². The Labute approximate surface area is 101 Å². The number of ether oxygens (including phenoxy) is 1. The Balaban J connectivity index is 1.71. The topological polar surface area (TPSA) is 34.2 Å². The van der Waals surface area contributed by atoms with E-state index in [-0.39, 0.29) is 0 Å². The van der Waals surface area contributed by atoms with Gasteiger partial charge in [0.2, 0.25) is 0 Å². The van der Waals surface area contributed by atoms with Crippen molar-refractivity contribution in [1.82, 2.24) is 10.3 Å². The van der Waals surface area contributed by atoms with Gasteiger partial charge in [-0.05, 0) is 19.8 Å². The van der Waals surface area contributed by atoms with Crippen LogP contribution in [0.3, 0.4) is 0 Å². The van der Waals surface area contributed by atoms with Crippen LogP contribution in [0.1, 0.15) is 31.0 Å². The first-order valence-electron chi connectivity index (χ1n) is 6.08. The second-order valence-electron chi connectivity index (χ2n) is 4.26. The van der Waals surface area contributed by atoms with Gasteiger partial charge in [-0.25, -0.2) is 4.98 Å². The summed E-state index contributed by atoms with van der Waals surface area (Å²) in [5.74, 6) is 0. The highest BCUT2D eigenvalue weighted by Crippen LogP contribution is 2.13. The molecule has 0 bridgehead atoms. The average molecular weight is 240 g/mol. The van der Waals surface area contributed by atoms with E-state index in [2.05, 4.69) is 29.5 Å². The van der Waals surface area contributed by atoms with E-state index >= 15 is 0 Å². The van der Waals surface area contributed by atoms with Crippen LogP contribution in [0.15, 0.2) is 5.38 Å². The van der Waals surface area contributed by atoms with Crippen LogP contribution >= 0.6 is 11.3 Å². The third-order valence-electron chi connectivity index (χ3n) is 3.07. The van der Waals surface area contributed by atoms with Crippen LogP contribution < -0.4 is 5.32 Å². The summed E-state index contributed by atoms with van der Waals surface area (Å²) in [6.07, 6.45) is 3.57. The molecule has 2 atom stereocenters. The van der Waals surface area contributed by atoms with E-state index in [0.717, 1.165) is 32.4 Å². The quantitative estimate of drug-likeness (QED) is 0.855. The lowest BCUT2D eigenvalue weighted by atomic mass is 10.1. The Morgan fingerprint density at radius 3 is 3.12 bits per heavy atom. The van der Waals surface area contributed by atoms with Gasteiger partial charge in [0, 0.05) is 31.0 Å². The lowest BCUT2D eigenvalue weighted by Crippen LogP contribution is -2.35. The first-order valence-corrected chi connectivity index (χ1v) is 6.96. The molecule has 1 fully saturated rings. The number of nitrogens with zero attached hydrogens (tertiary/aromatic N) is 1. The summed E-state index contributed by atoms with van der Waals surface area (Å²) in [6.45, 7) is 6.20. The molecule has 16 heavy (non-hydrogen) atoms. The predicted octanol–water partition coefficient (Wildman–Crippen LogP) is 2.01. The van der Waals surface area contributed by atoms with Gasteiger partial charge in [-0.1, -0.05) is 6.92 Å². The van der Waals surface area contributed by atoms with E-state index in [1.165, 1.54) is 10.7 Å². The fourth-order valence-electron chi connectivity index (χ4n) is 2.01. The van der Waals surface area contributed by atoms with Crippen LogP contribution in [-0.4, -0.2) is 30.3 Å². The molecule has 1 N–H and O–H groups in total. The summed E-state index contributed by atoms with van der Waals surface area (Å²) >= 11 is 1.77. The minimum Gasteiger partial charge on any atom is -0.377 e. The molecule has 0 radical (unpaired) electrons. The summed E-state index contributed by atoms with van der Waals surface area (Å²) in [7, 11) is 0. The van der Waals surface area contributed by atoms with Gasteiger partial charge in [0.1, 0.15) is 0 Å². The van der Waals surface area contributed by atoms with Crippen molar-refractivity contribution in [1.29, 1.82) is 0 Å². The van der Waals surface area contributed by atoms with Crippen molar-refractivity contribution in [2.45, 2.75) is 45.3 Å². The zero-order chi connectivity index (χ0) is 11.4. The standard InChI is InChI=1S/C12H20N2OS/c1-3-12-14-10(8-16-12)4-6-13-11-5-7-15-9(11)2/h8-9,11,13H,3-7H2,1-2H3. The number of rotatable bonds is 5. The minimum absolute atomic E-state index is 0.363. The zero-order valence-electron chi connectivity index (χ0n) is 10.0. The molecule has 0 saturated carbocycles. The minimum atomic E-state index is 0.363. The van der Waals surface area contributed by atoms with Gasteiger partial charge < -0.3 is 10.1 Å². The van der Waals surface area contributed by atoms with Gasteiger partial charge >= 0.3 is 0 Å². The fourth-order valence-corrected chi connectivity index (χ4v) is 2.79. The smallest absolute Gasteiger partial charge is 0.0925 e. The highest BCUT2D eigenvalue weighted by atomic mass is 32.1. The summed E-state index contributed by atoms with van der Waals surface area (Å²) < 4.78 is 5.51. The average Bonchev–Trinajstić information content (AvgIpc) is 2.89. The first kappa shape index (κ1) is 12.0. The number of aromatic nitrogens is 1. The molecule has 0 amide bonds. The molecular weight excluding hydrogens is 220 g/mol. The molecule has 2 heterocycles. The molecule has 1 aliphatic rings. The van der Waals surface area contributed by atoms with Gasteiger partial charge in [-0.3, -0.25) is 0 Å². The summed E-state index contributed by atoms with van der Waals surface area (Å²) in [4.78, 5) is 4.56. The van der Waals surface area contributed by atoms with E-state index in [1.807, 2.05) is 0 Å². The van der Waals surface area contributed by atoms with E-state index in [1.54, 1.807) is 11.3 Å². The summed E-state index contributed by atoms with van der Waals surface area (Å²) in [6, 6.07) is 0.532. The van der Waals surface area contributed by atoms with Crippen LogP contribution in [0.5, 0.6) is 0 Å². The van der Waals surface area contributed by atoms with Crippen molar-refractivity contribution in [2.24, 2.45) is 0 Å². The summed E-state index contributed by atoms with van der Waals surface area (Å²) in [5.41, 5.74) is 1.22. The van der Waals surface area contributed by atoms with E-state index in [4.69, 9.17) is 4.74 Å². The third kappa shape index (κ3) is 3.03. The molecule has 1 aliphatic heterocycles. The van der Waals surface area contributed by atoms with E-state index in [9.17, 15) is 0 Å². The number of hydrogen-bond acceptors (Lipinski definition) is 4. The molecule has 0 aromatic carbocycles. The normalized spacial score (nSPS) is 25.1. The van der Waals surface area contributed by atoms with Gasteiger partial charge in [0.05, 0.1) is 16.8 Å². The van der Waals surface area contributed by atoms with Crippen molar-refractivity contribution in [3.63, 3.8) is 0 Å². The molecule has 4 heteroatoms. The second kappa shape index (κ2) is 5.75. The molecule has 2 rings (SSSR count). The lowest BCUT2D eigenvalue weighted by molar-refractivity contribution is 0.113. The van der Waals surface area contributed by atoms with Crippen molar-refractivity contribution in [3.05, 3.63) is 16.1 Å². The van der Waals surface area contributed by atoms with Gasteiger partial charge in [-0.15, -0.1) is 11.3 Å². The molecule has 1 aromatic heterocycles. The van der Waals surface area contributed by atoms with Gasteiger partial charge in [0.15, 0.2) is 0 Å². The maximum Gasteiger partial charge on any atom is 0.0925 e. The second-order valence-corrected chi connectivity index (χ2v) is 5.20. The van der Waals surface area contributed by atoms with Gasteiger partial charge in [0.25, 0.3) is 0 Å². The van der Waals surface area contributed by atoms with Crippen LogP contribution in [0.2, 0.25) is 0 Å². The van der Waals surface area contributed by atoms with E-state index in [0.29, 0.717) is 12.1 Å². The Kier molecular flexibility index (Phi) is 4.32. The molecule has 0 spiro atoms. The van der Waals surface area contributed by atoms with Crippen LogP contribution in [0.4, 0.5) is 0 Å². The molecule has 3 nitrogen and oxygen atoms in total. The van der Waals surface area contributed by atoms with Crippen LogP contribution in [-0.2, 0) is 17.6 Å². The van der Waals surface area contributed by atoms with E-state index < -0.39 is 0 Å². The number of thiazole rings is 1. The highest BCUT2D eigenvalue weighted by Gasteiger charge is 2.22. The lowest BCUT2D eigenvalue weighted by Gasteiger charge is -2.15. The SMILES string of the molecule is CCc1nc(CCNC2CCOC2C)cs1. The Morgan fingerprint density at radius 1 is 1.62 bits per heavy atom. The number of hydrogen-bond donors (Lipinski definition) is 1. The Hall–Kier alpha value is -0.450. The highest BCUT2D eigenvalue weighted by molar-refractivity contribution is 7.09. The van der Waals surface area contributed by atoms with Crippen molar-refractivity contribution in [2.75, 3.05) is 13.2 Å². The maximum atomic E-state index is 5.51. The van der Waals surface area contributed by atoms with Crippen LogP contribution in [0.25, 0.3) is 0 Å². The first-order chi connectivity index (χ1) is 7.79. The summed E-state index contributed by atoms with van der Waals surface area (Å²) in [5, 5.41) is 6.97. The number of aryl methyl sites for hydroxylation is 1. The molecule has 2 unspecified atom stereocenters. The monoisotopic (exact) mass is 240 g/mol.